The molecule has 2 N–H and O–H groups in total. The Morgan fingerprint density at radius 3 is 2.58 bits per heavy atom. The minimum absolute atomic E-state index is 0.179. The van der Waals surface area contributed by atoms with Crippen molar-refractivity contribution in [3.05, 3.63) is 33.6 Å². The lowest BCUT2D eigenvalue weighted by molar-refractivity contribution is -0.384. The molecule has 0 spiro atoms. The molecule has 0 aliphatic rings. The number of hydrogen-bond acceptors (Lipinski definition) is 6. The molecule has 0 aliphatic heterocycles. The van der Waals surface area contributed by atoms with Crippen LogP contribution in [0.5, 0.6) is 11.6 Å². The number of nitro groups is 1. The molecule has 8 nitrogen and oxygen atoms in total. The molecule has 0 fully saturated rings. The maximum atomic E-state index is 10.6. The molecule has 0 saturated heterocycles. The van der Waals surface area contributed by atoms with Gasteiger partial charge < -0.3 is 10.5 Å². The van der Waals surface area contributed by atoms with Gasteiger partial charge in [-0.15, -0.1) is 0 Å². The quantitative estimate of drug-likeness (QED) is 0.666. The first-order valence-corrected chi connectivity index (χ1v) is 5.49. The SMILES string of the molecule is Cc1nn(C)c(C)c1Oc1ccc([N+](=O)[O-])c(N)n1. The summed E-state index contributed by atoms with van der Waals surface area (Å²) in [5.41, 5.74) is 6.80. The number of pyridine rings is 1. The van der Waals surface area contributed by atoms with Gasteiger partial charge in [0.25, 0.3) is 0 Å². The van der Waals surface area contributed by atoms with E-state index in [9.17, 15) is 10.1 Å². The average Bonchev–Trinajstić information content (AvgIpc) is 2.56. The van der Waals surface area contributed by atoms with E-state index in [2.05, 4.69) is 10.1 Å². The standard InChI is InChI=1S/C11H13N5O3/c1-6-10(7(2)15(3)14-6)19-9-5-4-8(16(17)18)11(12)13-9/h4-5H,1-3H3,(H2,12,13). The molecule has 0 amide bonds. The summed E-state index contributed by atoms with van der Waals surface area (Å²) in [4.78, 5) is 13.9. The molecular weight excluding hydrogens is 250 g/mol. The van der Waals surface area contributed by atoms with Crippen molar-refractivity contribution in [2.75, 3.05) is 5.73 Å². The van der Waals surface area contributed by atoms with Gasteiger partial charge in [0.15, 0.2) is 5.75 Å². The normalized spacial score (nSPS) is 10.5. The average molecular weight is 263 g/mol. The van der Waals surface area contributed by atoms with Crippen molar-refractivity contribution in [1.82, 2.24) is 14.8 Å². The van der Waals surface area contributed by atoms with Gasteiger partial charge >= 0.3 is 5.69 Å². The number of nitrogens with zero attached hydrogens (tertiary/aromatic N) is 4. The van der Waals surface area contributed by atoms with Crippen molar-refractivity contribution in [3.8, 4) is 11.6 Å². The van der Waals surface area contributed by atoms with Gasteiger partial charge in [-0.1, -0.05) is 0 Å². The molecule has 0 unspecified atom stereocenters. The fourth-order valence-electron chi connectivity index (χ4n) is 1.67. The lowest BCUT2D eigenvalue weighted by atomic mass is 10.3. The van der Waals surface area contributed by atoms with Crippen LogP contribution in [0.4, 0.5) is 11.5 Å². The van der Waals surface area contributed by atoms with Crippen LogP contribution >= 0.6 is 0 Å². The number of anilines is 1. The van der Waals surface area contributed by atoms with Crippen LogP contribution in [0.1, 0.15) is 11.4 Å². The van der Waals surface area contributed by atoms with Crippen LogP contribution in [0.3, 0.4) is 0 Å². The van der Waals surface area contributed by atoms with Gasteiger partial charge in [0.2, 0.25) is 11.7 Å². The second-order valence-electron chi connectivity index (χ2n) is 4.04. The molecule has 0 saturated carbocycles. The summed E-state index contributed by atoms with van der Waals surface area (Å²) in [5.74, 6) is 0.590. The summed E-state index contributed by atoms with van der Waals surface area (Å²) in [7, 11) is 1.80. The second kappa shape index (κ2) is 4.56. The highest BCUT2D eigenvalue weighted by molar-refractivity contribution is 5.53. The van der Waals surface area contributed by atoms with Crippen molar-refractivity contribution in [2.24, 2.45) is 7.05 Å². The number of hydrogen-bond donors (Lipinski definition) is 1. The number of aryl methyl sites for hydroxylation is 2. The van der Waals surface area contributed by atoms with Crippen LogP contribution in [0.2, 0.25) is 0 Å². The van der Waals surface area contributed by atoms with E-state index >= 15 is 0 Å². The summed E-state index contributed by atoms with van der Waals surface area (Å²) in [6.45, 7) is 3.65. The van der Waals surface area contributed by atoms with Crippen molar-refractivity contribution in [2.45, 2.75) is 13.8 Å². The van der Waals surface area contributed by atoms with E-state index in [1.54, 1.807) is 18.7 Å². The van der Waals surface area contributed by atoms with Crippen LogP contribution in [-0.4, -0.2) is 19.7 Å². The van der Waals surface area contributed by atoms with E-state index in [0.29, 0.717) is 11.4 Å². The fourth-order valence-corrected chi connectivity index (χ4v) is 1.67. The number of nitrogens with two attached hydrogens (primary N) is 1. The third-order valence-corrected chi connectivity index (χ3v) is 2.72. The Hall–Kier alpha value is -2.64. The third-order valence-electron chi connectivity index (χ3n) is 2.72. The lowest BCUT2D eigenvalue weighted by Gasteiger charge is -2.05. The summed E-state index contributed by atoms with van der Waals surface area (Å²) >= 11 is 0. The topological polar surface area (TPSA) is 109 Å². The molecule has 0 radical (unpaired) electrons. The molecule has 19 heavy (non-hydrogen) atoms. The minimum Gasteiger partial charge on any atom is -0.435 e. The molecule has 8 heteroatoms. The Morgan fingerprint density at radius 2 is 2.11 bits per heavy atom. The zero-order valence-corrected chi connectivity index (χ0v) is 10.7. The van der Waals surface area contributed by atoms with Crippen molar-refractivity contribution in [3.63, 3.8) is 0 Å². The Labute approximate surface area is 109 Å². The van der Waals surface area contributed by atoms with Gasteiger partial charge in [0.05, 0.1) is 10.6 Å². The first-order valence-electron chi connectivity index (χ1n) is 5.49. The first kappa shape index (κ1) is 12.8. The van der Waals surface area contributed by atoms with Crippen LogP contribution < -0.4 is 10.5 Å². The van der Waals surface area contributed by atoms with Gasteiger partial charge in [0, 0.05) is 19.2 Å². The summed E-state index contributed by atoms with van der Waals surface area (Å²) in [6, 6.07) is 2.67. The molecule has 0 atom stereocenters. The van der Waals surface area contributed by atoms with Crippen molar-refractivity contribution < 1.29 is 9.66 Å². The van der Waals surface area contributed by atoms with E-state index < -0.39 is 4.92 Å². The largest absolute Gasteiger partial charge is 0.435 e. The number of nitrogen functional groups attached to an aromatic ring is 1. The highest BCUT2D eigenvalue weighted by Gasteiger charge is 2.16. The van der Waals surface area contributed by atoms with Gasteiger partial charge in [0.1, 0.15) is 5.69 Å². The highest BCUT2D eigenvalue weighted by atomic mass is 16.6. The Morgan fingerprint density at radius 1 is 1.42 bits per heavy atom. The van der Waals surface area contributed by atoms with Crippen molar-refractivity contribution >= 4 is 11.5 Å². The molecule has 2 aromatic rings. The van der Waals surface area contributed by atoms with Gasteiger partial charge in [-0.05, 0) is 13.8 Å². The van der Waals surface area contributed by atoms with E-state index in [1.165, 1.54) is 12.1 Å². The van der Waals surface area contributed by atoms with Crippen LogP contribution in [-0.2, 0) is 7.05 Å². The van der Waals surface area contributed by atoms with E-state index in [-0.39, 0.29) is 17.4 Å². The number of aromatic nitrogens is 3. The minimum atomic E-state index is -0.591. The van der Waals surface area contributed by atoms with Gasteiger partial charge in [-0.25, -0.2) is 0 Å². The van der Waals surface area contributed by atoms with E-state index in [4.69, 9.17) is 10.5 Å². The van der Waals surface area contributed by atoms with Crippen molar-refractivity contribution in [1.29, 1.82) is 0 Å². The summed E-state index contributed by atoms with van der Waals surface area (Å²) < 4.78 is 7.26. The van der Waals surface area contributed by atoms with Crippen LogP contribution in [0, 0.1) is 24.0 Å². The maximum Gasteiger partial charge on any atom is 0.311 e. The molecular formula is C11H13N5O3. The lowest BCUT2D eigenvalue weighted by Crippen LogP contribution is -2.00. The molecule has 0 aromatic carbocycles. The van der Waals surface area contributed by atoms with E-state index in [0.717, 1.165) is 5.69 Å². The molecule has 0 bridgehead atoms. The predicted molar refractivity (Wildman–Crippen MR) is 68.1 cm³/mol. The van der Waals surface area contributed by atoms with Crippen LogP contribution in [0.15, 0.2) is 12.1 Å². The highest BCUT2D eigenvalue weighted by Crippen LogP contribution is 2.29. The summed E-state index contributed by atoms with van der Waals surface area (Å²) in [5, 5.41) is 14.8. The molecule has 0 aliphatic carbocycles. The zero-order valence-electron chi connectivity index (χ0n) is 10.7. The molecule has 100 valence electrons. The van der Waals surface area contributed by atoms with Gasteiger partial charge in [-0.2, -0.15) is 10.1 Å². The number of rotatable bonds is 3. The zero-order chi connectivity index (χ0) is 14.2. The monoisotopic (exact) mass is 263 g/mol. The van der Waals surface area contributed by atoms with Crippen LogP contribution in [0.25, 0.3) is 0 Å². The Balaban J connectivity index is 2.34. The first-order chi connectivity index (χ1) is 8.90. The smallest absolute Gasteiger partial charge is 0.311 e. The molecule has 2 heterocycles. The molecule has 2 rings (SSSR count). The van der Waals surface area contributed by atoms with E-state index in [1.807, 2.05) is 6.92 Å². The third kappa shape index (κ3) is 2.32. The van der Waals surface area contributed by atoms with Gasteiger partial charge in [-0.3, -0.25) is 14.8 Å². The predicted octanol–water partition coefficient (Wildman–Crippen LogP) is 1.71. The Bertz CT molecular complexity index is 650. The maximum absolute atomic E-state index is 10.6. The Kier molecular flexibility index (Phi) is 3.07. The summed E-state index contributed by atoms with van der Waals surface area (Å²) in [6.07, 6.45) is 0. The molecule has 2 aromatic heterocycles. The fraction of sp³-hybridized carbons (Fsp3) is 0.273. The second-order valence-corrected chi connectivity index (χ2v) is 4.04. The number of ether oxygens (including phenoxy) is 1.